The number of ether oxygens (including phenoxy) is 1. The molecule has 0 saturated carbocycles. The molecule has 1 atom stereocenters. The summed E-state index contributed by atoms with van der Waals surface area (Å²) < 4.78 is 5.46. The smallest absolute Gasteiger partial charge is 0.270 e. The van der Waals surface area contributed by atoms with E-state index in [1.807, 2.05) is 24.3 Å². The Kier molecular flexibility index (Phi) is 6.99. The molecule has 1 unspecified atom stereocenters. The van der Waals surface area contributed by atoms with E-state index in [2.05, 4.69) is 15.2 Å². The van der Waals surface area contributed by atoms with E-state index in [4.69, 9.17) is 22.1 Å². The van der Waals surface area contributed by atoms with Crippen LogP contribution in [0.25, 0.3) is 0 Å². The molecule has 1 amide bonds. The van der Waals surface area contributed by atoms with Crippen LogP contribution in [0.4, 0.5) is 0 Å². The lowest BCUT2D eigenvalue weighted by Gasteiger charge is -2.35. The number of hydrogen-bond donors (Lipinski definition) is 2. The molecule has 8 heteroatoms. The zero-order valence-corrected chi connectivity index (χ0v) is 16.1. The second kappa shape index (κ2) is 9.43. The van der Waals surface area contributed by atoms with E-state index in [0.717, 1.165) is 23.7 Å². The summed E-state index contributed by atoms with van der Waals surface area (Å²) in [5, 5.41) is 6.38. The number of halogens is 1. The maximum Gasteiger partial charge on any atom is 0.270 e. The van der Waals surface area contributed by atoms with Crippen LogP contribution in [0.2, 0.25) is 5.02 Å². The van der Waals surface area contributed by atoms with Crippen LogP contribution in [-0.4, -0.2) is 55.2 Å². The van der Waals surface area contributed by atoms with Gasteiger partial charge in [0.2, 0.25) is 0 Å². The fraction of sp³-hybridized carbons (Fsp3) is 0.444. The molecule has 26 heavy (non-hydrogen) atoms. The molecule has 0 bridgehead atoms. The number of carbonyl (C=O) groups excluding carboxylic acids is 1. The number of morpholine rings is 1. The first-order chi connectivity index (χ1) is 12.7. The maximum absolute atomic E-state index is 12.5. The van der Waals surface area contributed by atoms with Gasteiger partial charge in [0.05, 0.1) is 24.3 Å². The summed E-state index contributed by atoms with van der Waals surface area (Å²) >= 11 is 7.64. The van der Waals surface area contributed by atoms with Crippen molar-refractivity contribution in [1.29, 1.82) is 0 Å². The van der Waals surface area contributed by atoms with Crippen LogP contribution in [-0.2, 0) is 11.2 Å². The fourth-order valence-electron chi connectivity index (χ4n) is 2.99. The van der Waals surface area contributed by atoms with Crippen molar-refractivity contribution in [1.82, 2.24) is 15.2 Å². The summed E-state index contributed by atoms with van der Waals surface area (Å²) in [6.07, 6.45) is 0.691. The van der Waals surface area contributed by atoms with Gasteiger partial charge in [-0.05, 0) is 24.2 Å². The number of carbonyl (C=O) groups is 1. The Bertz CT molecular complexity index is 733. The molecule has 140 valence electrons. The average Bonchev–Trinajstić information content (AvgIpc) is 3.12. The highest BCUT2D eigenvalue weighted by atomic mass is 35.5. The minimum absolute atomic E-state index is 0.0451. The quantitative estimate of drug-likeness (QED) is 0.751. The molecule has 3 rings (SSSR count). The lowest BCUT2D eigenvalue weighted by Crippen LogP contribution is -2.43. The van der Waals surface area contributed by atoms with E-state index in [1.165, 1.54) is 11.3 Å². The number of nitrogens with two attached hydrogens (primary N) is 1. The third kappa shape index (κ3) is 5.02. The zero-order valence-electron chi connectivity index (χ0n) is 14.5. The van der Waals surface area contributed by atoms with Gasteiger partial charge in [-0.2, -0.15) is 0 Å². The Hall–Kier alpha value is -1.51. The van der Waals surface area contributed by atoms with Gasteiger partial charge in [-0.3, -0.25) is 9.69 Å². The van der Waals surface area contributed by atoms with E-state index in [-0.39, 0.29) is 11.9 Å². The van der Waals surface area contributed by atoms with Gasteiger partial charge in [-0.25, -0.2) is 4.98 Å². The summed E-state index contributed by atoms with van der Waals surface area (Å²) in [6.45, 7) is 4.05. The van der Waals surface area contributed by atoms with Crippen LogP contribution < -0.4 is 11.1 Å². The van der Waals surface area contributed by atoms with Crippen molar-refractivity contribution >= 4 is 28.8 Å². The summed E-state index contributed by atoms with van der Waals surface area (Å²) in [4.78, 5) is 19.1. The van der Waals surface area contributed by atoms with E-state index >= 15 is 0 Å². The number of thiazole rings is 1. The van der Waals surface area contributed by atoms with Crippen molar-refractivity contribution in [2.24, 2.45) is 5.73 Å². The first-order valence-corrected chi connectivity index (χ1v) is 9.93. The van der Waals surface area contributed by atoms with Gasteiger partial charge in [-0.15, -0.1) is 11.3 Å². The molecule has 0 aliphatic carbocycles. The highest BCUT2D eigenvalue weighted by Gasteiger charge is 2.24. The predicted molar refractivity (Wildman–Crippen MR) is 104 cm³/mol. The molecule has 3 N–H and O–H groups in total. The molecule has 1 fully saturated rings. The molecule has 1 aromatic carbocycles. The summed E-state index contributed by atoms with van der Waals surface area (Å²) in [6, 6.07) is 7.83. The SMILES string of the molecule is NCCc1nc(C(=O)NCC(c2cccc(Cl)c2)N2CCOCC2)cs1. The van der Waals surface area contributed by atoms with Gasteiger partial charge < -0.3 is 15.8 Å². The van der Waals surface area contributed by atoms with Crippen LogP contribution in [0, 0.1) is 0 Å². The van der Waals surface area contributed by atoms with Gasteiger partial charge in [0.1, 0.15) is 5.69 Å². The zero-order chi connectivity index (χ0) is 18.4. The third-order valence-corrected chi connectivity index (χ3v) is 5.46. The second-order valence-corrected chi connectivity index (χ2v) is 7.47. The summed E-state index contributed by atoms with van der Waals surface area (Å²) in [5.41, 5.74) is 7.08. The van der Waals surface area contributed by atoms with Crippen LogP contribution in [0.3, 0.4) is 0 Å². The van der Waals surface area contributed by atoms with Crippen LogP contribution in [0.1, 0.15) is 27.1 Å². The average molecular weight is 395 g/mol. The molecular formula is C18H23ClN4O2S. The molecule has 0 radical (unpaired) electrons. The van der Waals surface area contributed by atoms with Crippen LogP contribution in [0.15, 0.2) is 29.6 Å². The minimum Gasteiger partial charge on any atom is -0.379 e. The Labute approximate surface area is 162 Å². The molecule has 1 aromatic heterocycles. The monoisotopic (exact) mass is 394 g/mol. The van der Waals surface area contributed by atoms with Gasteiger partial charge in [0.25, 0.3) is 5.91 Å². The fourth-order valence-corrected chi connectivity index (χ4v) is 3.99. The van der Waals surface area contributed by atoms with Crippen LogP contribution in [0.5, 0.6) is 0 Å². The van der Waals surface area contributed by atoms with E-state index in [9.17, 15) is 4.79 Å². The van der Waals surface area contributed by atoms with Gasteiger partial charge in [-0.1, -0.05) is 23.7 Å². The Morgan fingerprint density at radius 3 is 2.96 bits per heavy atom. The highest BCUT2D eigenvalue weighted by molar-refractivity contribution is 7.09. The Balaban J connectivity index is 1.69. The van der Waals surface area contributed by atoms with Gasteiger partial charge in [0.15, 0.2) is 0 Å². The van der Waals surface area contributed by atoms with Gasteiger partial charge in [0, 0.05) is 36.5 Å². The van der Waals surface area contributed by atoms with E-state index in [1.54, 1.807) is 5.38 Å². The largest absolute Gasteiger partial charge is 0.379 e. The van der Waals surface area contributed by atoms with E-state index < -0.39 is 0 Å². The lowest BCUT2D eigenvalue weighted by molar-refractivity contribution is 0.0162. The molecule has 0 spiro atoms. The number of benzene rings is 1. The highest BCUT2D eigenvalue weighted by Crippen LogP contribution is 2.24. The van der Waals surface area contributed by atoms with Crippen molar-refractivity contribution < 1.29 is 9.53 Å². The lowest BCUT2D eigenvalue weighted by atomic mass is 10.0. The van der Waals surface area contributed by atoms with E-state index in [0.29, 0.717) is 43.4 Å². The van der Waals surface area contributed by atoms with Crippen LogP contribution >= 0.6 is 22.9 Å². The summed E-state index contributed by atoms with van der Waals surface area (Å²) in [7, 11) is 0. The number of nitrogens with zero attached hydrogens (tertiary/aromatic N) is 2. The van der Waals surface area contributed by atoms with Crippen molar-refractivity contribution in [3.8, 4) is 0 Å². The predicted octanol–water partition coefficient (Wildman–Crippen LogP) is 2.10. The Morgan fingerprint density at radius 1 is 1.42 bits per heavy atom. The van der Waals surface area contributed by atoms with Gasteiger partial charge >= 0.3 is 0 Å². The second-order valence-electron chi connectivity index (χ2n) is 6.09. The topological polar surface area (TPSA) is 80.5 Å². The number of nitrogens with one attached hydrogen (secondary N) is 1. The molecule has 1 aliphatic heterocycles. The number of hydrogen-bond acceptors (Lipinski definition) is 6. The Morgan fingerprint density at radius 2 is 2.23 bits per heavy atom. The molecule has 2 heterocycles. The number of aromatic nitrogens is 1. The molecule has 1 saturated heterocycles. The van der Waals surface area contributed by atoms with Crippen molar-refractivity contribution in [3.63, 3.8) is 0 Å². The van der Waals surface area contributed by atoms with Crippen molar-refractivity contribution in [2.45, 2.75) is 12.5 Å². The number of amides is 1. The summed E-state index contributed by atoms with van der Waals surface area (Å²) in [5.74, 6) is -0.162. The maximum atomic E-state index is 12.5. The first-order valence-electron chi connectivity index (χ1n) is 8.67. The number of rotatable bonds is 7. The normalized spacial score (nSPS) is 16.4. The molecule has 6 nitrogen and oxygen atoms in total. The minimum atomic E-state index is -0.162. The molecular weight excluding hydrogens is 372 g/mol. The van der Waals surface area contributed by atoms with Crippen molar-refractivity contribution in [2.75, 3.05) is 39.4 Å². The molecule has 1 aliphatic rings. The standard InChI is InChI=1S/C18H23ClN4O2S/c19-14-3-1-2-13(10-14)16(23-6-8-25-9-7-23)11-21-18(24)15-12-26-17(22-15)4-5-20/h1-3,10,12,16H,4-9,11,20H2,(H,21,24). The third-order valence-electron chi connectivity index (χ3n) is 4.32. The van der Waals surface area contributed by atoms with Crippen molar-refractivity contribution in [3.05, 3.63) is 50.9 Å². The first kappa shape index (κ1) is 19.3. The molecule has 2 aromatic rings.